The molecule has 2 N–H and O–H groups in total. The summed E-state index contributed by atoms with van der Waals surface area (Å²) in [6.07, 6.45) is 8.46. The first-order valence-corrected chi connectivity index (χ1v) is 7.86. The highest BCUT2D eigenvalue weighted by atomic mass is 16.5. The Morgan fingerprint density at radius 3 is 2.37 bits per heavy atom. The molecule has 2 rings (SSSR count). The van der Waals surface area contributed by atoms with Gasteiger partial charge in [-0.3, -0.25) is 9.69 Å². The fraction of sp³-hybridized carbons (Fsp3) is 0.933. The Labute approximate surface area is 116 Å². The lowest BCUT2D eigenvalue weighted by molar-refractivity contribution is -0.154. The van der Waals surface area contributed by atoms with Crippen molar-refractivity contribution in [2.24, 2.45) is 11.7 Å². The number of rotatable bonds is 5. The predicted molar refractivity (Wildman–Crippen MR) is 75.8 cm³/mol. The Morgan fingerprint density at radius 1 is 1.21 bits per heavy atom. The van der Waals surface area contributed by atoms with E-state index in [1.165, 1.54) is 32.1 Å². The molecule has 110 valence electrons. The molecule has 0 spiro atoms. The zero-order chi connectivity index (χ0) is 13.7. The summed E-state index contributed by atoms with van der Waals surface area (Å²) in [6.45, 7) is 4.97. The molecular weight excluding hydrogens is 240 g/mol. The molecule has 0 aromatic heterocycles. The molecular formula is C15H28N2O2. The van der Waals surface area contributed by atoms with E-state index in [1.807, 2.05) is 6.92 Å². The van der Waals surface area contributed by atoms with Crippen molar-refractivity contribution in [1.29, 1.82) is 0 Å². The van der Waals surface area contributed by atoms with Crippen molar-refractivity contribution in [2.75, 3.05) is 26.2 Å². The standard InChI is InChI=1S/C15H28N2O2/c1-2-19-14(18)13(12-16)15(8-4-5-9-15)17-10-6-3-7-11-17/h13H,2-12,16H2,1H3/t13-/m1/s1. The van der Waals surface area contributed by atoms with Crippen LogP contribution in [0.2, 0.25) is 0 Å². The van der Waals surface area contributed by atoms with Crippen LogP contribution in [-0.4, -0.2) is 42.6 Å². The molecule has 0 radical (unpaired) electrons. The van der Waals surface area contributed by atoms with Crippen LogP contribution in [0.1, 0.15) is 51.9 Å². The smallest absolute Gasteiger partial charge is 0.312 e. The van der Waals surface area contributed by atoms with Crippen molar-refractivity contribution in [3.05, 3.63) is 0 Å². The van der Waals surface area contributed by atoms with Gasteiger partial charge in [-0.05, 0) is 45.7 Å². The van der Waals surface area contributed by atoms with Crippen LogP contribution in [0.15, 0.2) is 0 Å². The van der Waals surface area contributed by atoms with Gasteiger partial charge < -0.3 is 10.5 Å². The number of likely N-dealkylation sites (tertiary alicyclic amines) is 1. The first-order chi connectivity index (χ1) is 9.24. The van der Waals surface area contributed by atoms with Gasteiger partial charge in [0.1, 0.15) is 0 Å². The second kappa shape index (κ2) is 6.71. The van der Waals surface area contributed by atoms with Crippen molar-refractivity contribution >= 4 is 5.97 Å². The molecule has 1 saturated carbocycles. The Balaban J connectivity index is 2.18. The van der Waals surface area contributed by atoms with E-state index in [2.05, 4.69) is 4.90 Å². The van der Waals surface area contributed by atoms with Gasteiger partial charge in [-0.1, -0.05) is 19.3 Å². The largest absolute Gasteiger partial charge is 0.466 e. The second-order valence-electron chi connectivity index (χ2n) is 5.90. The van der Waals surface area contributed by atoms with E-state index in [0.717, 1.165) is 25.9 Å². The van der Waals surface area contributed by atoms with Crippen LogP contribution in [0, 0.1) is 5.92 Å². The molecule has 19 heavy (non-hydrogen) atoms. The number of esters is 1. The fourth-order valence-corrected chi connectivity index (χ4v) is 3.99. The van der Waals surface area contributed by atoms with Crippen LogP contribution >= 0.6 is 0 Å². The topological polar surface area (TPSA) is 55.6 Å². The van der Waals surface area contributed by atoms with E-state index >= 15 is 0 Å². The second-order valence-corrected chi connectivity index (χ2v) is 5.90. The van der Waals surface area contributed by atoms with Gasteiger partial charge in [-0.25, -0.2) is 0 Å². The van der Waals surface area contributed by atoms with Crippen LogP contribution in [0.25, 0.3) is 0 Å². The highest BCUT2D eigenvalue weighted by molar-refractivity contribution is 5.74. The minimum absolute atomic E-state index is 0.0125. The van der Waals surface area contributed by atoms with Crippen LogP contribution in [-0.2, 0) is 9.53 Å². The molecule has 1 atom stereocenters. The van der Waals surface area contributed by atoms with Crippen LogP contribution in [0.3, 0.4) is 0 Å². The zero-order valence-electron chi connectivity index (χ0n) is 12.2. The molecule has 0 unspecified atom stereocenters. The van der Waals surface area contributed by atoms with Gasteiger partial charge in [0, 0.05) is 12.1 Å². The summed E-state index contributed by atoms with van der Waals surface area (Å²) in [5.74, 6) is -0.231. The van der Waals surface area contributed by atoms with Gasteiger partial charge in [0.2, 0.25) is 0 Å². The van der Waals surface area contributed by atoms with E-state index in [0.29, 0.717) is 13.2 Å². The summed E-state index contributed by atoms with van der Waals surface area (Å²) in [7, 11) is 0. The van der Waals surface area contributed by atoms with Crippen LogP contribution in [0.5, 0.6) is 0 Å². The summed E-state index contributed by atoms with van der Waals surface area (Å²) in [5.41, 5.74) is 5.94. The molecule has 2 fully saturated rings. The highest BCUT2D eigenvalue weighted by Crippen LogP contribution is 2.42. The van der Waals surface area contributed by atoms with E-state index in [9.17, 15) is 4.79 Å². The van der Waals surface area contributed by atoms with E-state index in [4.69, 9.17) is 10.5 Å². The number of carbonyl (C=O) groups excluding carboxylic acids is 1. The summed E-state index contributed by atoms with van der Waals surface area (Å²) >= 11 is 0. The monoisotopic (exact) mass is 268 g/mol. The van der Waals surface area contributed by atoms with Gasteiger partial charge in [0.05, 0.1) is 12.5 Å². The number of ether oxygens (including phenoxy) is 1. The third-order valence-electron chi connectivity index (χ3n) is 4.91. The molecule has 4 heteroatoms. The Bertz CT molecular complexity index is 295. The maximum atomic E-state index is 12.3. The van der Waals surface area contributed by atoms with Gasteiger partial charge in [0.25, 0.3) is 0 Å². The molecule has 2 aliphatic rings. The summed E-state index contributed by atoms with van der Waals surface area (Å²) in [5, 5.41) is 0. The highest BCUT2D eigenvalue weighted by Gasteiger charge is 2.49. The minimum atomic E-state index is -0.145. The molecule has 1 heterocycles. The normalized spacial score (nSPS) is 25.2. The number of piperidine rings is 1. The third kappa shape index (κ3) is 2.95. The Morgan fingerprint density at radius 2 is 1.84 bits per heavy atom. The van der Waals surface area contributed by atoms with E-state index in [1.54, 1.807) is 0 Å². The lowest BCUT2D eigenvalue weighted by Gasteiger charge is -2.47. The number of nitrogens with two attached hydrogens (primary N) is 1. The first kappa shape index (κ1) is 14.8. The molecule has 1 saturated heterocycles. The number of hydrogen-bond donors (Lipinski definition) is 1. The van der Waals surface area contributed by atoms with Crippen molar-refractivity contribution in [2.45, 2.75) is 57.4 Å². The van der Waals surface area contributed by atoms with E-state index < -0.39 is 0 Å². The molecule has 0 aromatic rings. The molecule has 1 aliphatic heterocycles. The maximum Gasteiger partial charge on any atom is 0.312 e. The number of carbonyl (C=O) groups is 1. The molecule has 4 nitrogen and oxygen atoms in total. The van der Waals surface area contributed by atoms with Crippen molar-refractivity contribution < 1.29 is 9.53 Å². The fourth-order valence-electron chi connectivity index (χ4n) is 3.99. The van der Waals surface area contributed by atoms with Crippen LogP contribution < -0.4 is 5.73 Å². The van der Waals surface area contributed by atoms with Crippen molar-refractivity contribution in [3.63, 3.8) is 0 Å². The molecule has 1 aliphatic carbocycles. The van der Waals surface area contributed by atoms with Crippen molar-refractivity contribution in [1.82, 2.24) is 4.90 Å². The lowest BCUT2D eigenvalue weighted by Crippen LogP contribution is -2.58. The Hall–Kier alpha value is -0.610. The van der Waals surface area contributed by atoms with Crippen molar-refractivity contribution in [3.8, 4) is 0 Å². The summed E-state index contributed by atoms with van der Waals surface area (Å²) in [6, 6.07) is 0. The van der Waals surface area contributed by atoms with Gasteiger partial charge in [-0.15, -0.1) is 0 Å². The number of hydrogen-bond acceptors (Lipinski definition) is 4. The molecule has 0 aromatic carbocycles. The van der Waals surface area contributed by atoms with E-state index in [-0.39, 0.29) is 17.4 Å². The average Bonchev–Trinajstić information content (AvgIpc) is 2.91. The van der Waals surface area contributed by atoms with Crippen LogP contribution in [0.4, 0.5) is 0 Å². The average molecular weight is 268 g/mol. The lowest BCUT2D eigenvalue weighted by atomic mass is 9.79. The van der Waals surface area contributed by atoms with Gasteiger partial charge in [0.15, 0.2) is 0 Å². The van der Waals surface area contributed by atoms with Gasteiger partial charge in [-0.2, -0.15) is 0 Å². The molecule has 0 bridgehead atoms. The number of nitrogens with zero attached hydrogens (tertiary/aromatic N) is 1. The summed E-state index contributed by atoms with van der Waals surface area (Å²) in [4.78, 5) is 14.8. The predicted octanol–water partition coefficient (Wildman–Crippen LogP) is 1.92. The zero-order valence-corrected chi connectivity index (χ0v) is 12.2. The third-order valence-corrected chi connectivity index (χ3v) is 4.91. The minimum Gasteiger partial charge on any atom is -0.466 e. The molecule has 0 amide bonds. The van der Waals surface area contributed by atoms with Gasteiger partial charge >= 0.3 is 5.97 Å². The maximum absolute atomic E-state index is 12.3. The first-order valence-electron chi connectivity index (χ1n) is 7.86. The Kier molecular flexibility index (Phi) is 5.22. The summed E-state index contributed by atoms with van der Waals surface area (Å²) < 4.78 is 5.28. The SMILES string of the molecule is CCOC(=O)[C@@H](CN)C1(N2CCCCC2)CCCC1. The quantitative estimate of drug-likeness (QED) is 0.774.